The van der Waals surface area contributed by atoms with Gasteiger partial charge in [0.05, 0.1) is 16.0 Å². The van der Waals surface area contributed by atoms with E-state index >= 15 is 0 Å². The Labute approximate surface area is 243 Å². The molecule has 0 N–H and O–H groups in total. The van der Waals surface area contributed by atoms with Crippen molar-refractivity contribution >= 4 is 43.1 Å². The van der Waals surface area contributed by atoms with Gasteiger partial charge in [-0.15, -0.1) is 4.95 Å². The molecule has 0 aliphatic carbocycles. The molecule has 7 aromatic rings. The Kier molecular flexibility index (Phi) is 5.86. The van der Waals surface area contributed by atoms with Crippen molar-refractivity contribution in [3.63, 3.8) is 0 Å². The van der Waals surface area contributed by atoms with Crippen molar-refractivity contribution in [2.45, 2.75) is 13.1 Å². The number of fused-ring (bicyclic) bond motifs is 6. The fourth-order valence-corrected chi connectivity index (χ4v) is 5.96. The maximum absolute atomic E-state index is 13.1. The molecule has 0 bridgehead atoms. The quantitative estimate of drug-likeness (QED) is 0.117. The Bertz CT molecular complexity index is 2450. The van der Waals surface area contributed by atoms with Crippen LogP contribution in [0.25, 0.3) is 70.3 Å². The van der Waals surface area contributed by atoms with Gasteiger partial charge in [-0.25, -0.2) is 0 Å². The molecular formula is C36H19F3N4. The number of nitriles is 1. The van der Waals surface area contributed by atoms with Crippen molar-refractivity contribution in [3.05, 3.63) is 130 Å². The standard InChI is InChI=1S/C36H19F3N4/c1-20-3-5-21(6-4-20)24-10-14-27-29-17-32-28(18-33(29)35(43-41-2)31(27)16-24)26-13-9-23(15-30(26)34(32)42-19-40)22-7-11-25(12-8-22)36(37,38)39/h3-18H,1H3/b42-34?,43-35-. The van der Waals surface area contributed by atoms with Gasteiger partial charge >= 0.3 is 6.18 Å². The molecule has 0 heterocycles. The fraction of sp³-hybridized carbons (Fsp3) is 0.0556. The molecule has 0 atom stereocenters. The van der Waals surface area contributed by atoms with E-state index in [1.54, 1.807) is 0 Å². The monoisotopic (exact) mass is 564 g/mol. The Morgan fingerprint density at radius 1 is 0.605 bits per heavy atom. The predicted molar refractivity (Wildman–Crippen MR) is 163 cm³/mol. The van der Waals surface area contributed by atoms with Gasteiger partial charge in [-0.3, -0.25) is 0 Å². The summed E-state index contributed by atoms with van der Waals surface area (Å²) in [5, 5.41) is 21.6. The second kappa shape index (κ2) is 9.65. The van der Waals surface area contributed by atoms with Gasteiger partial charge in [0, 0.05) is 21.5 Å². The molecule has 0 spiro atoms. The van der Waals surface area contributed by atoms with Crippen LogP contribution in [0.3, 0.4) is 0 Å². The molecule has 7 aromatic carbocycles. The van der Waals surface area contributed by atoms with Crippen molar-refractivity contribution in [1.29, 1.82) is 5.26 Å². The molecule has 0 aromatic heterocycles. The molecule has 0 saturated heterocycles. The first kappa shape index (κ1) is 26.1. The summed E-state index contributed by atoms with van der Waals surface area (Å²) in [6.07, 6.45) is -2.50. The van der Waals surface area contributed by atoms with Crippen LogP contribution >= 0.6 is 0 Å². The number of nitrogens with zero attached hydrogens (tertiary/aromatic N) is 4. The molecule has 0 aliphatic heterocycles. The van der Waals surface area contributed by atoms with Crippen LogP contribution in [0.2, 0.25) is 0 Å². The highest BCUT2D eigenvalue weighted by Gasteiger charge is 2.30. The fourth-order valence-electron chi connectivity index (χ4n) is 5.96. The van der Waals surface area contributed by atoms with E-state index in [0.717, 1.165) is 66.3 Å². The number of alkyl halides is 3. The van der Waals surface area contributed by atoms with Crippen molar-refractivity contribution in [1.82, 2.24) is 0 Å². The molecule has 4 nitrogen and oxygen atoms in total. The van der Waals surface area contributed by atoms with E-state index in [1.165, 1.54) is 17.7 Å². The summed E-state index contributed by atoms with van der Waals surface area (Å²) < 4.78 is 39.3. The van der Waals surface area contributed by atoms with E-state index in [9.17, 15) is 18.4 Å². The number of hydrogen-bond donors (Lipinski definition) is 0. The van der Waals surface area contributed by atoms with Crippen LogP contribution in [0.15, 0.2) is 107 Å². The first-order valence-electron chi connectivity index (χ1n) is 13.4. The van der Waals surface area contributed by atoms with Crippen LogP contribution in [-0.2, 0) is 6.18 Å². The van der Waals surface area contributed by atoms with E-state index in [-0.39, 0.29) is 0 Å². The number of halogens is 3. The molecule has 7 heteroatoms. The maximum Gasteiger partial charge on any atom is 0.416 e. The van der Waals surface area contributed by atoms with Crippen LogP contribution in [0, 0.1) is 25.0 Å². The van der Waals surface area contributed by atoms with Crippen LogP contribution < -0.4 is 10.7 Å². The summed E-state index contributed by atoms with van der Waals surface area (Å²) in [5.41, 5.74) is 3.87. The molecule has 0 aliphatic rings. The summed E-state index contributed by atoms with van der Waals surface area (Å²) in [6.45, 7) is 9.56. The molecule has 7 rings (SSSR count). The molecule has 0 radical (unpaired) electrons. The van der Waals surface area contributed by atoms with Crippen molar-refractivity contribution < 1.29 is 13.2 Å². The van der Waals surface area contributed by atoms with Gasteiger partial charge in [0.1, 0.15) is 0 Å². The third-order valence-electron chi connectivity index (χ3n) is 8.04. The minimum absolute atomic E-state index is 0.498. The largest absolute Gasteiger partial charge is 0.416 e. The number of hydrogen-bond acceptors (Lipinski definition) is 3. The van der Waals surface area contributed by atoms with Crippen LogP contribution in [-0.4, -0.2) is 0 Å². The maximum atomic E-state index is 13.1. The lowest BCUT2D eigenvalue weighted by Gasteiger charge is -2.08. The Morgan fingerprint density at radius 2 is 1.07 bits per heavy atom. The van der Waals surface area contributed by atoms with Crippen molar-refractivity contribution in [2.75, 3.05) is 0 Å². The minimum atomic E-state index is -4.42. The second-order valence-electron chi connectivity index (χ2n) is 10.5. The average Bonchev–Trinajstić information content (AvgIpc) is 3.47. The Morgan fingerprint density at radius 3 is 1.58 bits per heavy atom. The SMILES string of the molecule is [C-]#[N+]/N=c1/c2cc(-c3ccc(C)cc3)ccc2c2cc3c(=NC#N)c4cc(-c5ccc(C(F)(F)F)cc5)ccc4c3cc12. The van der Waals surface area contributed by atoms with Crippen LogP contribution in [0.1, 0.15) is 11.1 Å². The van der Waals surface area contributed by atoms with Gasteiger partial charge in [0.2, 0.25) is 6.19 Å². The zero-order chi connectivity index (χ0) is 29.9. The van der Waals surface area contributed by atoms with Crippen LogP contribution in [0.4, 0.5) is 13.2 Å². The van der Waals surface area contributed by atoms with Crippen molar-refractivity contribution in [3.8, 4) is 28.4 Å². The lowest BCUT2D eigenvalue weighted by molar-refractivity contribution is -0.137. The molecule has 0 amide bonds. The summed E-state index contributed by atoms with van der Waals surface area (Å²) in [5.74, 6) is 0. The lowest BCUT2D eigenvalue weighted by atomic mass is 10.0. The number of aryl methyl sites for hydroxylation is 1. The number of benzene rings is 5. The van der Waals surface area contributed by atoms with E-state index < -0.39 is 11.7 Å². The third-order valence-corrected chi connectivity index (χ3v) is 8.04. The van der Waals surface area contributed by atoms with Gasteiger partial charge in [0.15, 0.2) is 5.36 Å². The lowest BCUT2D eigenvalue weighted by Crippen LogP contribution is -2.04. The van der Waals surface area contributed by atoms with E-state index in [1.807, 2.05) is 49.5 Å². The van der Waals surface area contributed by atoms with Gasteiger partial charge < -0.3 is 0 Å². The van der Waals surface area contributed by atoms with Gasteiger partial charge in [-0.2, -0.15) is 30.0 Å². The van der Waals surface area contributed by atoms with E-state index in [4.69, 9.17) is 6.57 Å². The van der Waals surface area contributed by atoms with E-state index in [2.05, 4.69) is 51.4 Å². The molecule has 0 saturated carbocycles. The smallest absolute Gasteiger partial charge is 0.181 e. The highest BCUT2D eigenvalue weighted by Crippen LogP contribution is 2.36. The normalized spacial score (nSPS) is 12.9. The summed E-state index contributed by atoms with van der Waals surface area (Å²) in [4.78, 5) is 7.56. The summed E-state index contributed by atoms with van der Waals surface area (Å²) >= 11 is 0. The van der Waals surface area contributed by atoms with E-state index in [0.29, 0.717) is 21.8 Å². The number of rotatable bonds is 2. The van der Waals surface area contributed by atoms with Gasteiger partial charge in [-0.1, -0.05) is 66.2 Å². The predicted octanol–water partition coefficient (Wildman–Crippen LogP) is 8.95. The zero-order valence-corrected chi connectivity index (χ0v) is 22.7. The highest BCUT2D eigenvalue weighted by atomic mass is 19.4. The minimum Gasteiger partial charge on any atom is -0.181 e. The topological polar surface area (TPSA) is 52.9 Å². The molecule has 43 heavy (non-hydrogen) atoms. The first-order valence-corrected chi connectivity index (χ1v) is 13.4. The van der Waals surface area contributed by atoms with Gasteiger partial charge in [0.25, 0.3) is 0 Å². The second-order valence-corrected chi connectivity index (χ2v) is 10.5. The summed E-state index contributed by atoms with van der Waals surface area (Å²) in [6, 6.07) is 29.0. The molecule has 204 valence electrons. The average molecular weight is 565 g/mol. The van der Waals surface area contributed by atoms with Crippen LogP contribution in [0.5, 0.6) is 0 Å². The summed E-state index contributed by atoms with van der Waals surface area (Å²) in [7, 11) is 0. The molecule has 0 unspecified atom stereocenters. The molecular weight excluding hydrogens is 545 g/mol. The molecule has 0 fully saturated rings. The Balaban J connectivity index is 1.48. The third kappa shape index (κ3) is 4.22. The van der Waals surface area contributed by atoms with Crippen molar-refractivity contribution in [2.24, 2.45) is 10.1 Å². The first-order chi connectivity index (χ1) is 20.8. The highest BCUT2D eigenvalue weighted by molar-refractivity contribution is 6.21. The Hall–Kier alpha value is -5.79. The zero-order valence-electron chi connectivity index (χ0n) is 22.7. The van der Waals surface area contributed by atoms with Gasteiger partial charge in [-0.05, 0) is 87.1 Å².